The fourth-order valence-corrected chi connectivity index (χ4v) is 2.84. The molecule has 0 fully saturated rings. The van der Waals surface area contributed by atoms with Crippen LogP contribution in [0.5, 0.6) is 11.5 Å². The molecule has 0 spiro atoms. The minimum atomic E-state index is -5.13. The second kappa shape index (κ2) is 7.89. The third kappa shape index (κ3) is 5.01. The van der Waals surface area contributed by atoms with Gasteiger partial charge in [-0.3, -0.25) is 4.98 Å². The zero-order valence-electron chi connectivity index (χ0n) is 14.5. The largest absolute Gasteiger partial charge is 0.489 e. The molecule has 9 heteroatoms. The van der Waals surface area contributed by atoms with E-state index in [9.17, 15) is 21.1 Å². The van der Waals surface area contributed by atoms with Crippen LogP contribution in [0, 0.1) is 18.6 Å². The van der Waals surface area contributed by atoms with Crippen molar-refractivity contribution >= 4 is 10.5 Å². The second-order valence-electron chi connectivity index (χ2n) is 5.84. The van der Waals surface area contributed by atoms with Crippen LogP contribution in [-0.4, -0.2) is 13.4 Å². The first-order chi connectivity index (χ1) is 13.2. The number of ether oxygens (including phenoxy) is 1. The van der Waals surface area contributed by atoms with Crippen molar-refractivity contribution in [2.45, 2.75) is 13.5 Å². The number of pyridine rings is 1. The molecule has 0 aliphatic carbocycles. The molecule has 28 heavy (non-hydrogen) atoms. The molecule has 3 aromatic rings. The molecule has 1 heterocycles. The Kier molecular flexibility index (Phi) is 5.55. The Morgan fingerprint density at radius 3 is 2.11 bits per heavy atom. The Morgan fingerprint density at radius 1 is 0.929 bits per heavy atom. The highest BCUT2D eigenvalue weighted by Crippen LogP contribution is 2.26. The van der Waals surface area contributed by atoms with Gasteiger partial charge in [-0.25, -0.2) is 8.78 Å². The summed E-state index contributed by atoms with van der Waals surface area (Å²) in [4.78, 5) is 4.05. The van der Waals surface area contributed by atoms with Gasteiger partial charge in [0, 0.05) is 11.9 Å². The Morgan fingerprint density at radius 2 is 1.54 bits per heavy atom. The van der Waals surface area contributed by atoms with Crippen molar-refractivity contribution in [3.63, 3.8) is 0 Å². The van der Waals surface area contributed by atoms with Crippen molar-refractivity contribution in [1.29, 1.82) is 0 Å². The predicted molar refractivity (Wildman–Crippen MR) is 95.8 cm³/mol. The van der Waals surface area contributed by atoms with Crippen LogP contribution in [0.3, 0.4) is 0 Å². The fourth-order valence-electron chi connectivity index (χ4n) is 2.49. The summed E-state index contributed by atoms with van der Waals surface area (Å²) in [7, 11) is -5.13. The van der Waals surface area contributed by atoms with Crippen molar-refractivity contribution < 1.29 is 30.0 Å². The maximum atomic E-state index is 14.4. The highest BCUT2D eigenvalue weighted by Gasteiger charge is 2.14. The van der Waals surface area contributed by atoms with Crippen LogP contribution in [0.1, 0.15) is 11.3 Å². The molecule has 0 aliphatic rings. The monoisotopic (exact) mass is 409 g/mol. The highest BCUT2D eigenvalue weighted by molar-refractivity contribution is 7.81. The molecule has 0 aliphatic heterocycles. The van der Waals surface area contributed by atoms with E-state index < -0.39 is 28.7 Å². The summed E-state index contributed by atoms with van der Waals surface area (Å²) in [5.74, 6) is -1.61. The molecule has 0 saturated heterocycles. The average molecular weight is 409 g/mol. The van der Waals surface area contributed by atoms with Gasteiger partial charge in [0.25, 0.3) is 0 Å². The van der Waals surface area contributed by atoms with Crippen LogP contribution < -0.4 is 8.92 Å². The van der Waals surface area contributed by atoms with Crippen molar-refractivity contribution in [3.8, 4) is 22.6 Å². The number of rotatable bonds is 6. The first-order valence-corrected chi connectivity index (χ1v) is 9.30. The molecule has 0 saturated carbocycles. The molecular formula is C19H14F3NO4S. The summed E-state index contributed by atoms with van der Waals surface area (Å²) in [5.41, 5.74) is 1.47. The maximum absolute atomic E-state index is 14.4. The van der Waals surface area contributed by atoms with Gasteiger partial charge in [0.15, 0.2) is 0 Å². The van der Waals surface area contributed by atoms with Gasteiger partial charge in [-0.1, -0.05) is 3.89 Å². The number of hydrogen-bond acceptors (Lipinski definition) is 5. The van der Waals surface area contributed by atoms with Crippen LogP contribution in [0.25, 0.3) is 11.1 Å². The summed E-state index contributed by atoms with van der Waals surface area (Å²) >= 11 is 0. The van der Waals surface area contributed by atoms with Gasteiger partial charge < -0.3 is 8.92 Å². The number of hydrogen-bond donors (Lipinski definition) is 0. The minimum Gasteiger partial charge on any atom is -0.489 e. The molecule has 0 N–H and O–H groups in total. The summed E-state index contributed by atoms with van der Waals surface area (Å²) in [6.45, 7) is 1.38. The van der Waals surface area contributed by atoms with E-state index in [0.717, 1.165) is 17.8 Å². The summed E-state index contributed by atoms with van der Waals surface area (Å²) in [6.07, 6.45) is 1.55. The van der Waals surface area contributed by atoms with E-state index in [1.54, 1.807) is 25.3 Å². The highest BCUT2D eigenvalue weighted by atomic mass is 32.3. The van der Waals surface area contributed by atoms with Gasteiger partial charge in [-0.15, -0.1) is 0 Å². The van der Waals surface area contributed by atoms with Crippen molar-refractivity contribution in [2.75, 3.05) is 0 Å². The summed E-state index contributed by atoms with van der Waals surface area (Å²) in [6, 6.07) is 10.6. The third-order valence-electron chi connectivity index (χ3n) is 3.77. The van der Waals surface area contributed by atoms with Crippen LogP contribution in [0.2, 0.25) is 0 Å². The first-order valence-electron chi connectivity index (χ1n) is 7.99. The van der Waals surface area contributed by atoms with E-state index >= 15 is 0 Å². The summed E-state index contributed by atoms with van der Waals surface area (Å²) in [5, 5.41) is 0. The van der Waals surface area contributed by atoms with Crippen LogP contribution in [-0.2, 0) is 17.1 Å². The predicted octanol–water partition coefficient (Wildman–Crippen LogP) is 4.51. The Bertz CT molecular complexity index is 1080. The molecule has 0 unspecified atom stereocenters. The standard InChI is InChI=1S/C19H14F3NO4S/c1-12-8-13(6-7-23-12)14-9-18(20)17(19(21)10-14)11-26-15-2-4-16(5-3-15)27-28(22,24)25/h2-10H,11H2,1H3. The van der Waals surface area contributed by atoms with E-state index in [2.05, 4.69) is 9.17 Å². The van der Waals surface area contributed by atoms with E-state index in [-0.39, 0.29) is 17.1 Å². The summed E-state index contributed by atoms with van der Waals surface area (Å²) < 4.78 is 71.4. The topological polar surface area (TPSA) is 65.5 Å². The zero-order chi connectivity index (χ0) is 20.3. The van der Waals surface area contributed by atoms with E-state index in [4.69, 9.17) is 4.74 Å². The minimum absolute atomic E-state index is 0.191. The fraction of sp³-hybridized carbons (Fsp3) is 0.105. The molecule has 0 atom stereocenters. The molecule has 1 aromatic heterocycles. The zero-order valence-corrected chi connectivity index (χ0v) is 15.3. The van der Waals surface area contributed by atoms with Crippen molar-refractivity contribution in [2.24, 2.45) is 0 Å². The smallest absolute Gasteiger partial charge is 0.488 e. The Labute approximate surface area is 159 Å². The molecule has 5 nitrogen and oxygen atoms in total. The van der Waals surface area contributed by atoms with E-state index in [0.29, 0.717) is 11.1 Å². The molecule has 0 amide bonds. The Balaban J connectivity index is 1.74. The van der Waals surface area contributed by atoms with Gasteiger partial charge in [-0.2, -0.15) is 8.42 Å². The first kappa shape index (κ1) is 19.7. The van der Waals surface area contributed by atoms with Gasteiger partial charge in [0.1, 0.15) is 29.7 Å². The number of benzene rings is 2. The molecule has 2 aromatic carbocycles. The lowest BCUT2D eigenvalue weighted by molar-refractivity contribution is 0.292. The van der Waals surface area contributed by atoms with Gasteiger partial charge in [-0.05, 0) is 66.6 Å². The number of aromatic nitrogens is 1. The third-order valence-corrected chi connectivity index (χ3v) is 4.17. The lowest BCUT2D eigenvalue weighted by Crippen LogP contribution is -2.03. The van der Waals surface area contributed by atoms with Gasteiger partial charge >= 0.3 is 10.5 Å². The Hall–Kier alpha value is -3.07. The number of halogens is 3. The quantitative estimate of drug-likeness (QED) is 0.561. The maximum Gasteiger partial charge on any atom is 0.488 e. The van der Waals surface area contributed by atoms with Gasteiger partial charge in [0.2, 0.25) is 0 Å². The van der Waals surface area contributed by atoms with Crippen LogP contribution in [0.15, 0.2) is 54.7 Å². The van der Waals surface area contributed by atoms with Gasteiger partial charge in [0.05, 0.1) is 5.56 Å². The normalized spacial score (nSPS) is 11.3. The van der Waals surface area contributed by atoms with Crippen LogP contribution in [0.4, 0.5) is 12.7 Å². The molecule has 0 bridgehead atoms. The lowest BCUT2D eigenvalue weighted by atomic mass is 10.0. The molecule has 146 valence electrons. The van der Waals surface area contributed by atoms with Crippen molar-refractivity contribution in [1.82, 2.24) is 4.98 Å². The van der Waals surface area contributed by atoms with Crippen molar-refractivity contribution in [3.05, 3.63) is 77.6 Å². The second-order valence-corrected chi connectivity index (χ2v) is 6.79. The van der Waals surface area contributed by atoms with E-state index in [1.807, 2.05) is 0 Å². The van der Waals surface area contributed by atoms with E-state index in [1.165, 1.54) is 24.3 Å². The molecule has 0 radical (unpaired) electrons. The molecular weight excluding hydrogens is 395 g/mol. The van der Waals surface area contributed by atoms with Crippen LogP contribution >= 0.6 is 0 Å². The lowest BCUT2D eigenvalue weighted by Gasteiger charge is -2.11. The number of nitrogens with zero attached hydrogens (tertiary/aromatic N) is 1. The SMILES string of the molecule is Cc1cc(-c2cc(F)c(COc3ccc(OS(=O)(=O)F)cc3)c(F)c2)ccn1. The molecule has 3 rings (SSSR count). The average Bonchev–Trinajstić information content (AvgIpc) is 2.61. The number of aryl methyl sites for hydroxylation is 1.